The first kappa shape index (κ1) is 83.9. The van der Waals surface area contributed by atoms with Gasteiger partial charge in [-0.05, 0) is 275 Å². The molecule has 8 nitrogen and oxygen atoms in total. The van der Waals surface area contributed by atoms with E-state index in [4.69, 9.17) is 0 Å². The molecule has 0 radical (unpaired) electrons. The summed E-state index contributed by atoms with van der Waals surface area (Å²) in [6, 6.07) is 56.3. The van der Waals surface area contributed by atoms with Crippen LogP contribution in [0, 0.1) is 34.6 Å². The molecule has 0 amide bonds. The molecule has 10 aliphatic rings. The van der Waals surface area contributed by atoms with Crippen molar-refractivity contribution >= 4 is 17.1 Å². The maximum absolute atomic E-state index is 2.64. The first-order valence-corrected chi connectivity index (χ1v) is 45.6. The van der Waals surface area contributed by atoms with E-state index >= 15 is 0 Å². The zero-order chi connectivity index (χ0) is 85.7. The van der Waals surface area contributed by atoms with Crippen molar-refractivity contribution in [3.05, 3.63) is 247 Å². The summed E-state index contributed by atoms with van der Waals surface area (Å²) in [6.07, 6.45) is 10.2. The lowest BCUT2D eigenvalue weighted by Gasteiger charge is -2.46. The van der Waals surface area contributed by atoms with Gasteiger partial charge in [0.1, 0.15) is 52.3 Å². The van der Waals surface area contributed by atoms with Gasteiger partial charge in [-0.1, -0.05) is 160 Å². The van der Waals surface area contributed by atoms with Crippen LogP contribution in [0.15, 0.2) is 152 Å². The Morgan fingerprint density at radius 3 is 0.899 bits per heavy atom. The van der Waals surface area contributed by atoms with Crippen LogP contribution in [0.4, 0.5) is 17.1 Å². The molecule has 2 unspecified atom stereocenters. The third kappa shape index (κ3) is 13.9. The van der Waals surface area contributed by atoms with E-state index in [2.05, 4.69) is 398 Å². The molecule has 0 fully saturated rings. The molecule has 11 heterocycles. The zero-order valence-corrected chi connectivity index (χ0v) is 79.1. The molecule has 5 aromatic heterocycles. The van der Waals surface area contributed by atoms with Gasteiger partial charge in [-0.15, -0.1) is 0 Å². The number of aryl methyl sites for hydroxylation is 5. The number of anilines is 3. The molecular weight excluding hydrogens is 1450 g/mol. The van der Waals surface area contributed by atoms with Crippen LogP contribution in [0.2, 0.25) is 0 Å². The van der Waals surface area contributed by atoms with Crippen molar-refractivity contribution in [3.63, 3.8) is 0 Å². The zero-order valence-electron chi connectivity index (χ0n) is 79.1. The summed E-state index contributed by atoms with van der Waals surface area (Å²) in [5, 5.41) is 0. The molecule has 2 atom stereocenters. The van der Waals surface area contributed by atoms with Crippen LogP contribution in [-0.4, -0.2) is 39.3 Å². The molecule has 10 aromatic rings. The highest BCUT2D eigenvalue weighted by Crippen LogP contribution is 2.60. The number of benzene rings is 5. The summed E-state index contributed by atoms with van der Waals surface area (Å²) in [6.45, 7) is 66.4. The molecular formula is C111H145N8+5. The van der Waals surface area contributed by atoms with Crippen molar-refractivity contribution < 1.29 is 22.8 Å². The Morgan fingerprint density at radius 1 is 0.252 bits per heavy atom. The highest BCUT2D eigenvalue weighted by molar-refractivity contribution is 5.76. The summed E-state index contributed by atoms with van der Waals surface area (Å²) in [5.74, 6) is 1.51. The second-order valence-corrected chi connectivity index (χ2v) is 45.1. The molecule has 0 saturated carbocycles. The van der Waals surface area contributed by atoms with E-state index in [1.165, 1.54) is 206 Å². The van der Waals surface area contributed by atoms with E-state index in [0.717, 1.165) is 31.5 Å². The summed E-state index contributed by atoms with van der Waals surface area (Å²) in [5.41, 5.74) is 46.2. The number of hydrogen-bond donors (Lipinski definition) is 0. The number of aromatic nitrogens is 5. The molecule has 0 saturated heterocycles. The van der Waals surface area contributed by atoms with E-state index in [1.54, 1.807) is 33.6 Å². The van der Waals surface area contributed by atoms with Gasteiger partial charge in [0.05, 0.1) is 27.1 Å². The van der Waals surface area contributed by atoms with Crippen LogP contribution in [-0.2, 0) is 89.4 Å². The molecule has 0 spiro atoms. The van der Waals surface area contributed by atoms with Gasteiger partial charge in [0.2, 0.25) is 45.6 Å². The Labute approximate surface area is 718 Å². The van der Waals surface area contributed by atoms with Gasteiger partial charge in [0.15, 0.2) is 11.4 Å². The van der Waals surface area contributed by atoms with Crippen molar-refractivity contribution in [3.8, 4) is 56.3 Å². The third-order valence-corrected chi connectivity index (χ3v) is 31.3. The predicted molar refractivity (Wildman–Crippen MR) is 498 cm³/mol. The van der Waals surface area contributed by atoms with Crippen LogP contribution in [0.5, 0.6) is 0 Å². The van der Waals surface area contributed by atoms with Gasteiger partial charge in [-0.25, -0.2) is 0 Å². The predicted octanol–water partition coefficient (Wildman–Crippen LogP) is 23.1. The van der Waals surface area contributed by atoms with Crippen molar-refractivity contribution in [2.24, 2.45) is 35.2 Å². The summed E-state index contributed by atoms with van der Waals surface area (Å²) < 4.78 is 12.4. The highest BCUT2D eigenvalue weighted by atomic mass is 15.2. The van der Waals surface area contributed by atoms with Crippen molar-refractivity contribution in [1.29, 1.82) is 0 Å². The molecule has 4 aliphatic carbocycles. The summed E-state index contributed by atoms with van der Waals surface area (Å²) in [4.78, 5) is 7.87. The summed E-state index contributed by atoms with van der Waals surface area (Å²) in [7, 11) is 11.3. The van der Waals surface area contributed by atoms with Gasteiger partial charge in [-0.3, -0.25) is 0 Å². The van der Waals surface area contributed by atoms with E-state index in [1.807, 2.05) is 0 Å². The Hall–Kier alpha value is -8.75. The normalized spacial score (nSPS) is 21.3. The van der Waals surface area contributed by atoms with E-state index in [-0.39, 0.29) is 48.7 Å². The minimum Gasteiger partial charge on any atom is -0.366 e. The molecule has 119 heavy (non-hydrogen) atoms. The topological polar surface area (TPSA) is 29.1 Å². The second kappa shape index (κ2) is 29.0. The lowest BCUT2D eigenvalue weighted by molar-refractivity contribution is -0.671. The Morgan fingerprint density at radius 2 is 0.513 bits per heavy atom. The maximum atomic E-state index is 2.64. The minimum absolute atomic E-state index is 0.192. The molecule has 6 aliphatic heterocycles. The molecule has 624 valence electrons. The van der Waals surface area contributed by atoms with Crippen LogP contribution in [0.25, 0.3) is 56.3 Å². The molecule has 0 N–H and O–H groups in total. The summed E-state index contributed by atoms with van der Waals surface area (Å²) >= 11 is 0. The second-order valence-electron chi connectivity index (χ2n) is 45.1. The van der Waals surface area contributed by atoms with Crippen molar-refractivity contribution in [2.45, 2.75) is 290 Å². The molecule has 8 heteroatoms. The smallest absolute Gasteiger partial charge is 0.213 e. The fourth-order valence-electron chi connectivity index (χ4n) is 25.2. The first-order valence-electron chi connectivity index (χ1n) is 45.6. The Balaban J connectivity index is 0.000000111. The molecule has 0 bridgehead atoms. The van der Waals surface area contributed by atoms with Crippen molar-refractivity contribution in [1.82, 2.24) is 0 Å². The molecule has 5 aromatic carbocycles. The van der Waals surface area contributed by atoms with E-state index < -0.39 is 0 Å². The van der Waals surface area contributed by atoms with Crippen molar-refractivity contribution in [2.75, 3.05) is 54.0 Å². The van der Waals surface area contributed by atoms with E-state index in [0.29, 0.717) is 5.41 Å². The Kier molecular flexibility index (Phi) is 20.4. The Bertz CT molecular complexity index is 5480. The number of hydrogen-bond acceptors (Lipinski definition) is 3. The van der Waals surface area contributed by atoms with Crippen LogP contribution in [0.3, 0.4) is 0 Å². The SMILES string of the molecule is Cc1ccccc1-c1cc2c3c([n+]1C)C(C)(C)CC3CC2(C)C.Cc1ccccc1-c1cc2c3c([n+]1C)C(C)(C)CC3CCC2(C)C.Cc1ccccc1-c1cc2c3c([n+]1C)C(C)(C)CCN3CCC2(C)C.Cc1ccccc1-c1cc2c3c([n+]1C)C(C)(C)CN3CC2(C)C.Cc1ccccc1-c1cc2c3c([n+]1C)C(C)(C)CN3CCC2(C)C. The number of nitrogens with zero attached hydrogens (tertiary/aromatic N) is 8. The quantitative estimate of drug-likeness (QED) is 0.161. The number of rotatable bonds is 5. The van der Waals surface area contributed by atoms with Gasteiger partial charge in [0.25, 0.3) is 0 Å². The van der Waals surface area contributed by atoms with Gasteiger partial charge in [-0.2, -0.15) is 22.8 Å². The third-order valence-electron chi connectivity index (χ3n) is 31.3. The average Bonchev–Trinajstić information content (AvgIpc) is 1.49. The first-order chi connectivity index (χ1) is 55.6. The highest BCUT2D eigenvalue weighted by Gasteiger charge is 2.57. The largest absolute Gasteiger partial charge is 0.366 e. The van der Waals surface area contributed by atoms with Crippen LogP contribution in [0.1, 0.15) is 297 Å². The fourth-order valence-corrected chi connectivity index (χ4v) is 25.2. The average molecular weight is 1590 g/mol. The number of pyridine rings is 5. The van der Waals surface area contributed by atoms with E-state index in [9.17, 15) is 0 Å². The maximum Gasteiger partial charge on any atom is 0.213 e. The van der Waals surface area contributed by atoms with Gasteiger partial charge in [0, 0.05) is 114 Å². The molecule has 20 rings (SSSR count). The monoisotopic (exact) mass is 1590 g/mol. The fraction of sp³-hybridized carbons (Fsp3) is 0.505. The van der Waals surface area contributed by atoms with Crippen LogP contribution < -0.4 is 37.5 Å². The lowest BCUT2D eigenvalue weighted by atomic mass is 9.69. The van der Waals surface area contributed by atoms with Crippen LogP contribution >= 0.6 is 0 Å². The lowest BCUT2D eigenvalue weighted by Crippen LogP contribution is -2.53. The van der Waals surface area contributed by atoms with Gasteiger partial charge >= 0.3 is 0 Å². The standard InChI is InChI=1S/C23H31N2.C23H30N.C22H29N2.C22H28N.C21H27N2/c1-16-9-7-8-10-17(16)19-15-18-20-21(24(19)6)23(4,5)12-14-25(20)13-11-22(18,2)3;1-15-9-7-8-10-17(15)19-13-18-20-16(11-12-22(18,2)3)14-23(4,5)21(20)24(19)6;1-15-9-7-8-10-16(15)18-13-17-19-20(23(18)6)22(4,5)14-24(19)12-11-21(17,2)3;1-14-9-7-8-10-16(14)18-11-17-19-15(12-21(17,2)3)13-22(4,5)20(19)23(18)6;1-14-9-7-8-10-15(14)17-11-16-18-19(22(17)6)21(4,5)13-23(18)12-20(16,2)3/h7-10,15H,11-14H2,1-6H3;7-10,13,16H,11-12,14H2,1-6H3;7-10,13H,11-12,14H2,1-6H3;7-11,15H,12-13H2,1-6H3;7-11H,12-13H2,1-6H3/q5*+1. The van der Waals surface area contributed by atoms with Gasteiger partial charge < -0.3 is 14.7 Å². The minimum atomic E-state index is 0.192.